The van der Waals surface area contributed by atoms with Gasteiger partial charge >= 0.3 is 0 Å². The molecular weight excluding hydrogens is 174 g/mol. The average molecular weight is 195 g/mol. The Bertz CT molecular complexity index is 291. The molecule has 1 heterocycles. The molecule has 0 fully saturated rings. The molecule has 0 unspecified atom stereocenters. The van der Waals surface area contributed by atoms with Crippen LogP contribution in [0.25, 0.3) is 0 Å². The summed E-state index contributed by atoms with van der Waals surface area (Å²) in [5, 5.41) is 0.415. The standard InChI is InChI=1S/C11H21NSi/c1-10-7-8-12(9-10)13(5,6)11(2,3)4/h7-9H,1-6H3. The van der Waals surface area contributed by atoms with Crippen LogP contribution in [0.1, 0.15) is 26.3 Å². The molecule has 13 heavy (non-hydrogen) atoms. The lowest BCUT2D eigenvalue weighted by Gasteiger charge is -2.37. The summed E-state index contributed by atoms with van der Waals surface area (Å²) in [5.41, 5.74) is 1.37. The molecule has 0 spiro atoms. The van der Waals surface area contributed by atoms with E-state index in [0.717, 1.165) is 0 Å². The first-order valence-corrected chi connectivity index (χ1v) is 7.85. The van der Waals surface area contributed by atoms with Crippen molar-refractivity contribution in [3.63, 3.8) is 0 Å². The van der Waals surface area contributed by atoms with Crippen LogP contribution in [-0.4, -0.2) is 12.5 Å². The van der Waals surface area contributed by atoms with Crippen LogP contribution in [0.5, 0.6) is 0 Å². The van der Waals surface area contributed by atoms with E-state index in [2.05, 4.69) is 63.5 Å². The van der Waals surface area contributed by atoms with Gasteiger partial charge < -0.3 is 4.23 Å². The fourth-order valence-corrected chi connectivity index (χ4v) is 2.99. The number of nitrogens with zero attached hydrogens (tertiary/aromatic N) is 1. The van der Waals surface area contributed by atoms with Crippen LogP contribution in [0.3, 0.4) is 0 Å². The van der Waals surface area contributed by atoms with Crippen LogP contribution in [0.15, 0.2) is 18.5 Å². The fraction of sp³-hybridized carbons (Fsp3) is 0.636. The van der Waals surface area contributed by atoms with Crippen LogP contribution < -0.4 is 0 Å². The van der Waals surface area contributed by atoms with Crippen molar-refractivity contribution < 1.29 is 0 Å². The zero-order valence-electron chi connectivity index (χ0n) is 9.68. The third kappa shape index (κ3) is 1.88. The molecule has 0 aliphatic carbocycles. The Morgan fingerprint density at radius 2 is 1.77 bits per heavy atom. The fourth-order valence-electron chi connectivity index (χ4n) is 1.24. The molecule has 1 aromatic rings. The Morgan fingerprint density at radius 1 is 1.23 bits per heavy atom. The maximum absolute atomic E-state index is 2.45. The van der Waals surface area contributed by atoms with Gasteiger partial charge in [0.25, 0.3) is 0 Å². The lowest BCUT2D eigenvalue weighted by atomic mass is 10.2. The first kappa shape index (κ1) is 10.6. The summed E-state index contributed by atoms with van der Waals surface area (Å²) in [6, 6.07) is 2.19. The summed E-state index contributed by atoms with van der Waals surface area (Å²) in [6.07, 6.45) is 4.50. The van der Waals surface area contributed by atoms with Crippen LogP contribution in [0.4, 0.5) is 0 Å². The van der Waals surface area contributed by atoms with Gasteiger partial charge in [0.15, 0.2) is 8.24 Å². The van der Waals surface area contributed by atoms with Crippen LogP contribution in [0, 0.1) is 6.92 Å². The minimum Gasteiger partial charge on any atom is -0.380 e. The van der Waals surface area contributed by atoms with Gasteiger partial charge in [-0.1, -0.05) is 33.9 Å². The molecule has 74 valence electrons. The lowest BCUT2D eigenvalue weighted by molar-refractivity contribution is 0.700. The predicted molar refractivity (Wildman–Crippen MR) is 61.8 cm³/mol. The van der Waals surface area contributed by atoms with Crippen molar-refractivity contribution in [2.75, 3.05) is 0 Å². The molecule has 0 saturated heterocycles. The van der Waals surface area contributed by atoms with E-state index in [0.29, 0.717) is 5.04 Å². The van der Waals surface area contributed by atoms with Gasteiger partial charge in [0.1, 0.15) is 0 Å². The Kier molecular flexibility index (Phi) is 2.45. The zero-order valence-corrected chi connectivity index (χ0v) is 10.7. The van der Waals surface area contributed by atoms with Crippen molar-refractivity contribution in [3.8, 4) is 0 Å². The van der Waals surface area contributed by atoms with Gasteiger partial charge in [-0.2, -0.15) is 0 Å². The van der Waals surface area contributed by atoms with Gasteiger partial charge in [-0.15, -0.1) is 0 Å². The van der Waals surface area contributed by atoms with E-state index < -0.39 is 8.24 Å². The second-order valence-electron chi connectivity index (χ2n) is 5.41. The highest BCUT2D eigenvalue weighted by atomic mass is 28.3. The first-order chi connectivity index (χ1) is 5.75. The first-order valence-electron chi connectivity index (χ1n) is 4.90. The van der Waals surface area contributed by atoms with Crippen LogP contribution >= 0.6 is 0 Å². The monoisotopic (exact) mass is 195 g/mol. The molecule has 0 radical (unpaired) electrons. The van der Waals surface area contributed by atoms with E-state index in [4.69, 9.17) is 0 Å². The van der Waals surface area contributed by atoms with Crippen molar-refractivity contribution in [1.29, 1.82) is 0 Å². The van der Waals surface area contributed by atoms with Gasteiger partial charge in [0.2, 0.25) is 0 Å². The van der Waals surface area contributed by atoms with Crippen molar-refractivity contribution in [1.82, 2.24) is 4.23 Å². The van der Waals surface area contributed by atoms with Gasteiger partial charge in [-0.25, -0.2) is 0 Å². The lowest BCUT2D eigenvalue weighted by Crippen LogP contribution is -2.44. The van der Waals surface area contributed by atoms with E-state index >= 15 is 0 Å². The van der Waals surface area contributed by atoms with Gasteiger partial charge in [0.05, 0.1) is 0 Å². The van der Waals surface area contributed by atoms with Gasteiger partial charge in [-0.3, -0.25) is 0 Å². The van der Waals surface area contributed by atoms with E-state index in [9.17, 15) is 0 Å². The Labute approximate surface area is 82.9 Å². The number of hydrogen-bond acceptors (Lipinski definition) is 0. The highest BCUT2D eigenvalue weighted by Crippen LogP contribution is 2.36. The van der Waals surface area contributed by atoms with Crippen LogP contribution in [-0.2, 0) is 0 Å². The van der Waals surface area contributed by atoms with E-state index in [1.165, 1.54) is 5.56 Å². The minimum atomic E-state index is -1.34. The molecule has 0 saturated carbocycles. The minimum absolute atomic E-state index is 0.415. The summed E-state index contributed by atoms with van der Waals surface area (Å²) in [4.78, 5) is 0. The summed E-state index contributed by atoms with van der Waals surface area (Å²) in [5.74, 6) is 0. The largest absolute Gasteiger partial charge is 0.380 e. The van der Waals surface area contributed by atoms with Crippen molar-refractivity contribution >= 4 is 8.24 Å². The normalized spacial score (nSPS) is 13.4. The molecule has 1 nitrogen and oxygen atoms in total. The molecular formula is C11H21NSi. The average Bonchev–Trinajstić information content (AvgIpc) is 2.33. The summed E-state index contributed by atoms with van der Waals surface area (Å²) >= 11 is 0. The quantitative estimate of drug-likeness (QED) is 0.603. The van der Waals surface area contributed by atoms with Gasteiger partial charge in [-0.05, 0) is 36.0 Å². The predicted octanol–water partition coefficient (Wildman–Crippen LogP) is 3.65. The smallest absolute Gasteiger partial charge is 0.160 e. The van der Waals surface area contributed by atoms with Crippen molar-refractivity contribution in [2.24, 2.45) is 0 Å². The van der Waals surface area contributed by atoms with E-state index in [1.54, 1.807) is 0 Å². The Balaban J connectivity index is 3.07. The molecule has 0 aromatic carbocycles. The Morgan fingerprint density at radius 3 is 2.08 bits per heavy atom. The molecule has 1 aromatic heterocycles. The van der Waals surface area contributed by atoms with Crippen molar-refractivity contribution in [3.05, 3.63) is 24.0 Å². The SMILES string of the molecule is Cc1ccn([Si](C)(C)C(C)(C)C)c1. The molecule has 0 aliphatic heterocycles. The molecule has 1 rings (SSSR count). The maximum Gasteiger partial charge on any atom is 0.160 e. The van der Waals surface area contributed by atoms with Crippen LogP contribution in [0.2, 0.25) is 18.1 Å². The third-order valence-corrected chi connectivity index (χ3v) is 8.56. The molecule has 0 N–H and O–H groups in total. The van der Waals surface area contributed by atoms with Crippen molar-refractivity contribution in [2.45, 2.75) is 45.8 Å². The number of hydrogen-bond donors (Lipinski definition) is 0. The Hall–Kier alpha value is -0.503. The number of rotatable bonds is 1. The van der Waals surface area contributed by atoms with E-state index in [1.807, 2.05) is 0 Å². The maximum atomic E-state index is 2.45. The molecule has 0 aliphatic rings. The highest BCUT2D eigenvalue weighted by Gasteiger charge is 2.36. The topological polar surface area (TPSA) is 4.93 Å². The van der Waals surface area contributed by atoms with E-state index in [-0.39, 0.29) is 0 Å². The van der Waals surface area contributed by atoms with Gasteiger partial charge in [0, 0.05) is 0 Å². The highest BCUT2D eigenvalue weighted by molar-refractivity contribution is 6.78. The summed E-state index contributed by atoms with van der Waals surface area (Å²) < 4.78 is 2.45. The molecule has 0 atom stereocenters. The second kappa shape index (κ2) is 3.02. The molecule has 2 heteroatoms. The molecule has 0 amide bonds. The number of aryl methyl sites for hydroxylation is 1. The summed E-state index contributed by atoms with van der Waals surface area (Å²) in [6.45, 7) is 14.0. The summed E-state index contributed by atoms with van der Waals surface area (Å²) in [7, 11) is -1.34. The molecule has 0 bridgehead atoms. The third-order valence-electron chi connectivity index (χ3n) is 3.32. The zero-order chi connectivity index (χ0) is 10.3. The number of aromatic nitrogens is 1. The second-order valence-corrected chi connectivity index (χ2v) is 10.5.